The standard InChI is InChI=1S/C20H30N4O6S/c1-3-21(4-2)20(25)16-6-5-9-22(15-16)18-8-7-17(24(26)27)14-19(18)31(28,29)23-10-12-30-13-11-23/h7-8,14,16H,3-6,9-13,15H2,1-2H3. The molecule has 0 saturated carbocycles. The molecule has 1 unspecified atom stereocenters. The van der Waals surface area contributed by atoms with Gasteiger partial charge in [0.15, 0.2) is 0 Å². The van der Waals surface area contributed by atoms with Crippen molar-refractivity contribution >= 4 is 27.3 Å². The molecule has 11 heteroatoms. The van der Waals surface area contributed by atoms with Gasteiger partial charge in [-0.1, -0.05) is 0 Å². The maximum atomic E-state index is 13.4. The van der Waals surface area contributed by atoms with Gasteiger partial charge in [-0.3, -0.25) is 14.9 Å². The van der Waals surface area contributed by atoms with E-state index in [1.165, 1.54) is 16.4 Å². The predicted octanol–water partition coefficient (Wildman–Crippen LogP) is 1.70. The summed E-state index contributed by atoms with van der Waals surface area (Å²) in [5, 5.41) is 11.3. The van der Waals surface area contributed by atoms with Crippen LogP contribution < -0.4 is 4.90 Å². The van der Waals surface area contributed by atoms with E-state index in [1.54, 1.807) is 4.90 Å². The van der Waals surface area contributed by atoms with Gasteiger partial charge in [-0.15, -0.1) is 0 Å². The Morgan fingerprint density at radius 2 is 1.90 bits per heavy atom. The zero-order valence-electron chi connectivity index (χ0n) is 18.0. The highest BCUT2D eigenvalue weighted by Gasteiger charge is 2.34. The number of benzene rings is 1. The molecular formula is C20H30N4O6S. The first-order chi connectivity index (χ1) is 14.8. The van der Waals surface area contributed by atoms with Crippen molar-refractivity contribution in [3.8, 4) is 0 Å². The van der Waals surface area contributed by atoms with Crippen LogP contribution in [0, 0.1) is 16.0 Å². The second-order valence-electron chi connectivity index (χ2n) is 7.72. The summed E-state index contributed by atoms with van der Waals surface area (Å²) in [5.41, 5.74) is 0.137. The van der Waals surface area contributed by atoms with Crippen molar-refractivity contribution < 1.29 is 22.9 Å². The van der Waals surface area contributed by atoms with Gasteiger partial charge in [0.25, 0.3) is 5.69 Å². The number of hydrogen-bond donors (Lipinski definition) is 0. The van der Waals surface area contributed by atoms with Crippen molar-refractivity contribution in [2.75, 3.05) is 57.4 Å². The number of piperidine rings is 1. The van der Waals surface area contributed by atoms with Gasteiger partial charge in [-0.25, -0.2) is 8.42 Å². The summed E-state index contributed by atoms with van der Waals surface area (Å²) in [7, 11) is -3.95. The molecule has 1 amide bonds. The largest absolute Gasteiger partial charge is 0.379 e. The molecule has 10 nitrogen and oxygen atoms in total. The van der Waals surface area contributed by atoms with Crippen LogP contribution in [-0.4, -0.2) is 80.9 Å². The fourth-order valence-electron chi connectivity index (χ4n) is 4.20. The van der Waals surface area contributed by atoms with Crippen molar-refractivity contribution in [2.45, 2.75) is 31.6 Å². The van der Waals surface area contributed by atoms with E-state index < -0.39 is 14.9 Å². The molecule has 0 aromatic heterocycles. The normalized spacial score (nSPS) is 20.5. The SMILES string of the molecule is CCN(CC)C(=O)C1CCCN(c2ccc([N+](=O)[O-])cc2S(=O)(=O)N2CCOCC2)C1. The lowest BCUT2D eigenvalue weighted by Gasteiger charge is -2.37. The van der Waals surface area contributed by atoms with Gasteiger partial charge >= 0.3 is 0 Å². The first kappa shape index (κ1) is 23.4. The minimum absolute atomic E-state index is 0.0641. The first-order valence-corrected chi connectivity index (χ1v) is 12.1. The Labute approximate surface area is 182 Å². The van der Waals surface area contributed by atoms with E-state index in [4.69, 9.17) is 4.74 Å². The zero-order valence-corrected chi connectivity index (χ0v) is 18.8. The number of morpholine rings is 1. The monoisotopic (exact) mass is 454 g/mol. The highest BCUT2D eigenvalue weighted by atomic mass is 32.2. The average Bonchev–Trinajstić information content (AvgIpc) is 2.80. The molecule has 1 atom stereocenters. The molecule has 2 heterocycles. The van der Waals surface area contributed by atoms with Gasteiger partial charge in [0.05, 0.1) is 29.7 Å². The van der Waals surface area contributed by atoms with Crippen LogP contribution >= 0.6 is 0 Å². The molecule has 2 aliphatic heterocycles. The second-order valence-corrected chi connectivity index (χ2v) is 9.63. The number of nitro benzene ring substituents is 1. The van der Waals surface area contributed by atoms with E-state index in [0.29, 0.717) is 31.9 Å². The van der Waals surface area contributed by atoms with Gasteiger partial charge in [0.1, 0.15) is 4.90 Å². The van der Waals surface area contributed by atoms with Gasteiger partial charge in [0.2, 0.25) is 15.9 Å². The number of nitrogens with zero attached hydrogens (tertiary/aromatic N) is 4. The molecule has 0 N–H and O–H groups in total. The van der Waals surface area contributed by atoms with E-state index in [0.717, 1.165) is 18.9 Å². The predicted molar refractivity (Wildman–Crippen MR) is 116 cm³/mol. The van der Waals surface area contributed by atoms with Crippen LogP contribution in [0.3, 0.4) is 0 Å². The molecule has 172 valence electrons. The third-order valence-electron chi connectivity index (χ3n) is 5.93. The molecule has 2 fully saturated rings. The van der Waals surface area contributed by atoms with Crippen LogP contribution in [0.25, 0.3) is 0 Å². The third-order valence-corrected chi connectivity index (χ3v) is 7.86. The van der Waals surface area contributed by atoms with E-state index >= 15 is 0 Å². The topological polar surface area (TPSA) is 113 Å². The maximum Gasteiger partial charge on any atom is 0.270 e. The molecule has 3 rings (SSSR count). The first-order valence-electron chi connectivity index (χ1n) is 10.7. The number of ether oxygens (including phenoxy) is 1. The number of hydrogen-bond acceptors (Lipinski definition) is 7. The molecule has 0 spiro atoms. The van der Waals surface area contributed by atoms with E-state index in [-0.39, 0.29) is 48.7 Å². The lowest BCUT2D eigenvalue weighted by Crippen LogP contribution is -2.46. The number of carbonyl (C=O) groups excluding carboxylic acids is 1. The summed E-state index contributed by atoms with van der Waals surface area (Å²) < 4.78 is 33.3. The highest BCUT2D eigenvalue weighted by molar-refractivity contribution is 7.89. The number of carbonyl (C=O) groups is 1. The molecule has 0 bridgehead atoms. The zero-order chi connectivity index (χ0) is 22.6. The van der Waals surface area contributed by atoms with Crippen LogP contribution in [0.2, 0.25) is 0 Å². The molecule has 1 aromatic carbocycles. The van der Waals surface area contributed by atoms with Gasteiger partial charge < -0.3 is 14.5 Å². The minimum Gasteiger partial charge on any atom is -0.379 e. The fraction of sp³-hybridized carbons (Fsp3) is 0.650. The Kier molecular flexibility index (Phi) is 7.50. The molecule has 31 heavy (non-hydrogen) atoms. The van der Waals surface area contributed by atoms with E-state index in [2.05, 4.69) is 0 Å². The molecular weight excluding hydrogens is 424 g/mol. The van der Waals surface area contributed by atoms with E-state index in [9.17, 15) is 23.3 Å². The lowest BCUT2D eigenvalue weighted by atomic mass is 9.96. The van der Waals surface area contributed by atoms with Crippen LogP contribution in [0.1, 0.15) is 26.7 Å². The summed E-state index contributed by atoms with van der Waals surface area (Å²) >= 11 is 0. The Bertz CT molecular complexity index is 912. The van der Waals surface area contributed by atoms with E-state index in [1.807, 2.05) is 18.7 Å². The average molecular weight is 455 g/mol. The molecule has 1 aromatic rings. The number of sulfonamides is 1. The van der Waals surface area contributed by atoms with Crippen LogP contribution in [0.4, 0.5) is 11.4 Å². The number of nitro groups is 1. The van der Waals surface area contributed by atoms with Gasteiger partial charge in [0, 0.05) is 51.4 Å². The summed E-state index contributed by atoms with van der Waals surface area (Å²) in [4.78, 5) is 27.2. The summed E-state index contributed by atoms with van der Waals surface area (Å²) in [6, 6.07) is 3.95. The summed E-state index contributed by atoms with van der Waals surface area (Å²) in [5.74, 6) is -0.169. The van der Waals surface area contributed by atoms with Crippen molar-refractivity contribution in [3.63, 3.8) is 0 Å². The fourth-order valence-corrected chi connectivity index (χ4v) is 5.84. The van der Waals surface area contributed by atoms with Crippen LogP contribution in [-0.2, 0) is 19.6 Å². The van der Waals surface area contributed by atoms with Crippen LogP contribution in [0.5, 0.6) is 0 Å². The Balaban J connectivity index is 1.96. The molecule has 0 radical (unpaired) electrons. The third kappa shape index (κ3) is 4.99. The van der Waals surface area contributed by atoms with Crippen molar-refractivity contribution in [1.29, 1.82) is 0 Å². The number of rotatable bonds is 7. The summed E-state index contributed by atoms with van der Waals surface area (Å²) in [6.07, 6.45) is 1.48. The quantitative estimate of drug-likeness (QED) is 0.455. The smallest absolute Gasteiger partial charge is 0.270 e. The Hall–Kier alpha value is -2.24. The second kappa shape index (κ2) is 9.92. The van der Waals surface area contributed by atoms with Crippen LogP contribution in [0.15, 0.2) is 23.1 Å². The summed E-state index contributed by atoms with van der Waals surface area (Å²) in [6.45, 7) is 7.07. The molecule has 2 aliphatic rings. The molecule has 2 saturated heterocycles. The van der Waals surface area contributed by atoms with Gasteiger partial charge in [-0.2, -0.15) is 4.31 Å². The van der Waals surface area contributed by atoms with Crippen molar-refractivity contribution in [3.05, 3.63) is 28.3 Å². The number of anilines is 1. The van der Waals surface area contributed by atoms with Crippen molar-refractivity contribution in [2.24, 2.45) is 5.92 Å². The number of non-ortho nitro benzene ring substituents is 1. The Morgan fingerprint density at radius 3 is 2.52 bits per heavy atom. The van der Waals surface area contributed by atoms with Gasteiger partial charge in [-0.05, 0) is 32.8 Å². The highest BCUT2D eigenvalue weighted by Crippen LogP contribution is 2.34. The van der Waals surface area contributed by atoms with Crippen molar-refractivity contribution in [1.82, 2.24) is 9.21 Å². The number of amides is 1. The lowest BCUT2D eigenvalue weighted by molar-refractivity contribution is -0.385. The maximum absolute atomic E-state index is 13.4. The Morgan fingerprint density at radius 1 is 1.23 bits per heavy atom. The molecule has 0 aliphatic carbocycles. The minimum atomic E-state index is -3.95.